The Morgan fingerprint density at radius 1 is 1.28 bits per heavy atom. The number of carbonyl (C=O) groups excluding carboxylic acids is 2. The monoisotopic (exact) mass is 421 g/mol. The van der Waals surface area contributed by atoms with E-state index in [2.05, 4.69) is 28.9 Å². The first kappa shape index (κ1) is 21.3. The van der Waals surface area contributed by atoms with E-state index < -0.39 is 22.1 Å². The molecule has 158 valence electrons. The summed E-state index contributed by atoms with van der Waals surface area (Å²) in [6.45, 7) is 5.44. The van der Waals surface area contributed by atoms with Gasteiger partial charge in [0, 0.05) is 11.6 Å². The normalized spacial score (nSPS) is 27.6. The Kier molecular flexibility index (Phi) is 6.26. The maximum Gasteiger partial charge on any atom is 0.328 e. The highest BCUT2D eigenvalue weighted by atomic mass is 32.2. The van der Waals surface area contributed by atoms with Gasteiger partial charge in [-0.15, -0.1) is 0 Å². The fourth-order valence-corrected chi connectivity index (χ4v) is 5.02. The molecule has 3 rings (SSSR count). The number of benzene rings is 1. The first-order valence-corrected chi connectivity index (χ1v) is 11.3. The summed E-state index contributed by atoms with van der Waals surface area (Å²) in [5.74, 6) is -0.0180. The molecular formula is C20H27N3O5S. The number of hydrogen-bond acceptors (Lipinski definition) is 6. The third-order valence-electron chi connectivity index (χ3n) is 5.74. The number of hydrogen-bond donors (Lipinski definition) is 2. The van der Waals surface area contributed by atoms with Gasteiger partial charge in [-0.25, -0.2) is 8.42 Å². The summed E-state index contributed by atoms with van der Waals surface area (Å²) >= 11 is 0. The molecule has 1 aromatic rings. The second-order valence-corrected chi connectivity index (χ2v) is 9.43. The lowest BCUT2D eigenvalue weighted by molar-refractivity contribution is -0.153. The van der Waals surface area contributed by atoms with Crippen LogP contribution in [-0.2, 0) is 24.3 Å². The molecule has 29 heavy (non-hydrogen) atoms. The van der Waals surface area contributed by atoms with E-state index in [0.29, 0.717) is 17.4 Å². The predicted molar refractivity (Wildman–Crippen MR) is 108 cm³/mol. The summed E-state index contributed by atoms with van der Waals surface area (Å²) in [5.41, 5.74) is 0.409. The van der Waals surface area contributed by atoms with Crippen LogP contribution in [0.4, 0.5) is 0 Å². The quantitative estimate of drug-likeness (QED) is 0.701. The van der Waals surface area contributed by atoms with Gasteiger partial charge in [-0.3, -0.25) is 19.3 Å². The highest BCUT2D eigenvalue weighted by Gasteiger charge is 2.31. The molecule has 2 N–H and O–H groups in total. The second-order valence-electron chi connectivity index (χ2n) is 7.78. The van der Waals surface area contributed by atoms with Gasteiger partial charge in [-0.1, -0.05) is 38.8 Å². The number of aliphatic imine (C=N–C) groups is 1. The average molecular weight is 422 g/mol. The highest BCUT2D eigenvalue weighted by molar-refractivity contribution is 7.90. The third kappa shape index (κ3) is 4.77. The Labute approximate surface area is 171 Å². The molecule has 0 bridgehead atoms. The van der Waals surface area contributed by atoms with Crippen molar-refractivity contribution in [2.75, 3.05) is 6.54 Å². The zero-order valence-electron chi connectivity index (χ0n) is 16.8. The van der Waals surface area contributed by atoms with Crippen LogP contribution >= 0.6 is 0 Å². The molecule has 0 aromatic heterocycles. The summed E-state index contributed by atoms with van der Waals surface area (Å²) < 4.78 is 31.6. The molecule has 2 aliphatic rings. The van der Waals surface area contributed by atoms with Gasteiger partial charge in [0.05, 0.1) is 4.90 Å². The number of esters is 1. The van der Waals surface area contributed by atoms with Crippen molar-refractivity contribution in [1.29, 1.82) is 0 Å². The van der Waals surface area contributed by atoms with Crippen molar-refractivity contribution in [3.05, 3.63) is 29.8 Å². The van der Waals surface area contributed by atoms with E-state index in [1.54, 1.807) is 18.2 Å². The van der Waals surface area contributed by atoms with E-state index in [1.807, 2.05) is 0 Å². The van der Waals surface area contributed by atoms with Gasteiger partial charge in [0.25, 0.3) is 15.9 Å². The Hall–Kier alpha value is -2.42. The van der Waals surface area contributed by atoms with Crippen LogP contribution in [0.1, 0.15) is 45.6 Å². The molecule has 0 unspecified atom stereocenters. The molecule has 1 aliphatic carbocycles. The fraction of sp³-hybridized carbons (Fsp3) is 0.550. The van der Waals surface area contributed by atoms with Crippen LogP contribution < -0.4 is 10.0 Å². The molecule has 0 spiro atoms. The van der Waals surface area contributed by atoms with Gasteiger partial charge >= 0.3 is 5.97 Å². The number of carbonyl (C=O) groups is 2. The molecule has 0 radical (unpaired) electrons. The maximum absolute atomic E-state index is 12.4. The van der Waals surface area contributed by atoms with Crippen LogP contribution in [0.25, 0.3) is 0 Å². The van der Waals surface area contributed by atoms with Gasteiger partial charge in [-0.2, -0.15) is 0 Å². The molecule has 9 heteroatoms. The molecule has 4 atom stereocenters. The van der Waals surface area contributed by atoms with Crippen molar-refractivity contribution in [1.82, 2.24) is 10.0 Å². The number of nitrogens with one attached hydrogen (secondary N) is 2. The van der Waals surface area contributed by atoms with Crippen molar-refractivity contribution in [3.63, 3.8) is 0 Å². The average Bonchev–Trinajstić information content (AvgIpc) is 2.94. The smallest absolute Gasteiger partial charge is 0.328 e. The number of amidine groups is 1. The molecule has 1 amide bonds. The molecular weight excluding hydrogens is 394 g/mol. The number of fused-ring (bicyclic) bond motifs is 1. The second kappa shape index (κ2) is 8.52. The Morgan fingerprint density at radius 3 is 2.76 bits per heavy atom. The summed E-state index contributed by atoms with van der Waals surface area (Å²) in [6.07, 6.45) is 2.20. The predicted octanol–water partition coefficient (Wildman–Crippen LogP) is 1.60. The van der Waals surface area contributed by atoms with Crippen molar-refractivity contribution in [2.45, 2.75) is 57.1 Å². The number of ether oxygens (including phenoxy) is 1. The van der Waals surface area contributed by atoms with Crippen molar-refractivity contribution < 1.29 is 22.7 Å². The van der Waals surface area contributed by atoms with E-state index in [9.17, 15) is 18.0 Å². The van der Waals surface area contributed by atoms with Gasteiger partial charge in [0.2, 0.25) is 0 Å². The maximum atomic E-state index is 12.4. The van der Waals surface area contributed by atoms with Crippen molar-refractivity contribution in [3.8, 4) is 0 Å². The summed E-state index contributed by atoms with van der Waals surface area (Å²) in [5, 5.41) is 2.98. The topological polar surface area (TPSA) is 114 Å². The van der Waals surface area contributed by atoms with Crippen LogP contribution in [0.2, 0.25) is 0 Å². The lowest BCUT2D eigenvalue weighted by Crippen LogP contribution is -2.47. The lowest BCUT2D eigenvalue weighted by Gasteiger charge is -2.35. The molecule has 1 aliphatic heterocycles. The zero-order chi connectivity index (χ0) is 21.2. The number of sulfonamides is 1. The summed E-state index contributed by atoms with van der Waals surface area (Å²) in [6, 6.07) is 6.47. The molecule has 1 fully saturated rings. The first-order chi connectivity index (χ1) is 13.7. The molecule has 8 nitrogen and oxygen atoms in total. The van der Waals surface area contributed by atoms with Crippen LogP contribution in [0.5, 0.6) is 0 Å². The first-order valence-electron chi connectivity index (χ1n) is 9.85. The van der Waals surface area contributed by atoms with E-state index in [-0.39, 0.29) is 29.2 Å². The SMILES string of the molecule is C[C@@H]1[C@H](C)CCC[C@H]1NC(=O)[C@@H](C)OC(=O)CN=C1NS(=O)(=O)c2ccccc21. The molecule has 1 heterocycles. The van der Waals surface area contributed by atoms with E-state index in [4.69, 9.17) is 4.74 Å². The van der Waals surface area contributed by atoms with Gasteiger partial charge in [-0.05, 0) is 37.3 Å². The minimum absolute atomic E-state index is 0.0806. The highest BCUT2D eigenvalue weighted by Crippen LogP contribution is 2.29. The van der Waals surface area contributed by atoms with Crippen LogP contribution in [0.3, 0.4) is 0 Å². The van der Waals surface area contributed by atoms with Gasteiger partial charge < -0.3 is 10.1 Å². The van der Waals surface area contributed by atoms with Crippen LogP contribution in [0.15, 0.2) is 34.2 Å². The Bertz CT molecular complexity index is 928. The van der Waals surface area contributed by atoms with Crippen molar-refractivity contribution >= 4 is 27.7 Å². The molecule has 0 saturated heterocycles. The van der Waals surface area contributed by atoms with E-state index in [1.165, 1.54) is 13.0 Å². The fourth-order valence-electron chi connectivity index (χ4n) is 3.77. The lowest BCUT2D eigenvalue weighted by atomic mass is 9.78. The minimum Gasteiger partial charge on any atom is -0.451 e. The molecule has 1 saturated carbocycles. The summed E-state index contributed by atoms with van der Waals surface area (Å²) in [4.78, 5) is 28.7. The number of rotatable bonds is 5. The standard InChI is InChI=1S/C20H27N3O5S/c1-12-7-6-9-16(13(12)2)22-20(25)14(3)28-18(24)11-21-19-15-8-4-5-10-17(15)29(26,27)23-19/h4-5,8,10,12-14,16H,6-7,9,11H2,1-3H3,(H,21,23)(H,22,25)/t12-,13-,14-,16-/m1/s1. The van der Waals surface area contributed by atoms with Crippen molar-refractivity contribution in [2.24, 2.45) is 16.8 Å². The third-order valence-corrected chi connectivity index (χ3v) is 7.14. The molecule has 1 aromatic carbocycles. The Balaban J connectivity index is 1.56. The number of nitrogens with zero attached hydrogens (tertiary/aromatic N) is 1. The van der Waals surface area contributed by atoms with Crippen LogP contribution in [-0.4, -0.2) is 44.8 Å². The Morgan fingerprint density at radius 2 is 2.00 bits per heavy atom. The largest absolute Gasteiger partial charge is 0.451 e. The zero-order valence-corrected chi connectivity index (χ0v) is 17.7. The van der Waals surface area contributed by atoms with Crippen LogP contribution in [0, 0.1) is 11.8 Å². The van der Waals surface area contributed by atoms with E-state index in [0.717, 1.165) is 19.3 Å². The van der Waals surface area contributed by atoms with Gasteiger partial charge in [0.15, 0.2) is 6.10 Å². The summed E-state index contributed by atoms with van der Waals surface area (Å²) in [7, 11) is -3.66. The number of amides is 1. The van der Waals surface area contributed by atoms with Gasteiger partial charge in [0.1, 0.15) is 12.4 Å². The van der Waals surface area contributed by atoms with E-state index >= 15 is 0 Å². The minimum atomic E-state index is -3.66.